The SMILES string of the molecule is Cc1ccc2cc(C(=O)N3CCCC[C@H]3CN3CCOCC3)[nH]c2c1. The highest BCUT2D eigenvalue weighted by Gasteiger charge is 2.30. The molecule has 0 radical (unpaired) electrons. The number of carbonyl (C=O) groups is 1. The van der Waals surface area contributed by atoms with Gasteiger partial charge >= 0.3 is 0 Å². The standard InChI is InChI=1S/C20H27N3O2/c1-15-5-6-16-13-19(21-18(16)12-15)20(24)23-7-3-2-4-17(23)14-22-8-10-25-11-9-22/h5-6,12-13,17,21H,2-4,7-11,14H2,1H3/t17-/m0/s1. The number of amides is 1. The maximum atomic E-state index is 13.2. The summed E-state index contributed by atoms with van der Waals surface area (Å²) in [6.07, 6.45) is 3.41. The summed E-state index contributed by atoms with van der Waals surface area (Å²) >= 11 is 0. The van der Waals surface area contributed by atoms with E-state index < -0.39 is 0 Å². The summed E-state index contributed by atoms with van der Waals surface area (Å²) < 4.78 is 5.45. The molecule has 5 heteroatoms. The molecule has 4 rings (SSSR count). The smallest absolute Gasteiger partial charge is 0.270 e. The van der Waals surface area contributed by atoms with Gasteiger partial charge in [-0.25, -0.2) is 0 Å². The number of morpholine rings is 1. The fourth-order valence-corrected chi connectivity index (χ4v) is 4.05. The molecule has 2 aromatic rings. The van der Waals surface area contributed by atoms with Crippen LogP contribution in [0.5, 0.6) is 0 Å². The third-order valence-corrected chi connectivity index (χ3v) is 5.47. The van der Waals surface area contributed by atoms with Crippen molar-refractivity contribution in [1.82, 2.24) is 14.8 Å². The van der Waals surface area contributed by atoms with E-state index in [2.05, 4.69) is 39.9 Å². The molecule has 134 valence electrons. The molecule has 0 saturated carbocycles. The third kappa shape index (κ3) is 3.58. The summed E-state index contributed by atoms with van der Waals surface area (Å²) in [5.41, 5.74) is 2.97. The second kappa shape index (κ2) is 7.18. The molecule has 0 spiro atoms. The molecule has 1 N–H and O–H groups in total. The first-order valence-corrected chi connectivity index (χ1v) is 9.41. The highest BCUT2D eigenvalue weighted by Crippen LogP contribution is 2.23. The van der Waals surface area contributed by atoms with Crippen molar-refractivity contribution in [2.45, 2.75) is 32.2 Å². The topological polar surface area (TPSA) is 48.6 Å². The number of benzene rings is 1. The molecule has 1 amide bonds. The first kappa shape index (κ1) is 16.6. The molecule has 2 aliphatic heterocycles. The van der Waals surface area contributed by atoms with Crippen LogP contribution in [0, 0.1) is 6.92 Å². The zero-order valence-corrected chi connectivity index (χ0v) is 15.0. The Morgan fingerprint density at radius 1 is 1.20 bits per heavy atom. The van der Waals surface area contributed by atoms with Gasteiger partial charge < -0.3 is 14.6 Å². The van der Waals surface area contributed by atoms with Gasteiger partial charge in [0.2, 0.25) is 0 Å². The molecular formula is C20H27N3O2. The molecule has 3 heterocycles. The summed E-state index contributed by atoms with van der Waals surface area (Å²) in [7, 11) is 0. The molecule has 5 nitrogen and oxygen atoms in total. The van der Waals surface area contributed by atoms with Gasteiger partial charge in [0.25, 0.3) is 5.91 Å². The summed E-state index contributed by atoms with van der Waals surface area (Å²) in [6.45, 7) is 7.47. The number of likely N-dealkylation sites (tertiary alicyclic amines) is 1. The predicted octanol–water partition coefficient (Wildman–Crippen LogP) is 2.80. The minimum absolute atomic E-state index is 0.145. The highest BCUT2D eigenvalue weighted by atomic mass is 16.5. The van der Waals surface area contributed by atoms with Crippen LogP contribution in [-0.4, -0.2) is 66.1 Å². The lowest BCUT2D eigenvalue weighted by atomic mass is 10.0. The Balaban J connectivity index is 1.52. The Morgan fingerprint density at radius 2 is 2.04 bits per heavy atom. The fraction of sp³-hybridized carbons (Fsp3) is 0.550. The number of carbonyl (C=O) groups excluding carboxylic acids is 1. The van der Waals surface area contributed by atoms with E-state index in [4.69, 9.17) is 4.74 Å². The first-order valence-electron chi connectivity index (χ1n) is 9.41. The minimum atomic E-state index is 0.145. The van der Waals surface area contributed by atoms with Crippen LogP contribution < -0.4 is 0 Å². The molecule has 2 fully saturated rings. The van der Waals surface area contributed by atoms with Crippen molar-refractivity contribution in [1.29, 1.82) is 0 Å². The maximum Gasteiger partial charge on any atom is 0.270 e. The Labute approximate surface area is 148 Å². The van der Waals surface area contributed by atoms with Gasteiger partial charge in [0.05, 0.1) is 13.2 Å². The molecule has 25 heavy (non-hydrogen) atoms. The average Bonchev–Trinajstić information content (AvgIpc) is 3.05. The van der Waals surface area contributed by atoms with Gasteiger partial charge in [0, 0.05) is 43.1 Å². The number of aryl methyl sites for hydroxylation is 1. The van der Waals surface area contributed by atoms with E-state index in [0.717, 1.165) is 68.8 Å². The van der Waals surface area contributed by atoms with Gasteiger partial charge in [-0.3, -0.25) is 9.69 Å². The number of rotatable bonds is 3. The number of hydrogen-bond donors (Lipinski definition) is 1. The van der Waals surface area contributed by atoms with Gasteiger partial charge in [0.15, 0.2) is 0 Å². The Morgan fingerprint density at radius 3 is 2.88 bits per heavy atom. The number of aromatic amines is 1. The lowest BCUT2D eigenvalue weighted by Gasteiger charge is -2.39. The van der Waals surface area contributed by atoms with Crippen LogP contribution >= 0.6 is 0 Å². The summed E-state index contributed by atoms with van der Waals surface area (Å²) in [6, 6.07) is 8.59. The van der Waals surface area contributed by atoms with E-state index in [-0.39, 0.29) is 5.91 Å². The maximum absolute atomic E-state index is 13.2. The average molecular weight is 341 g/mol. The summed E-state index contributed by atoms with van der Waals surface area (Å²) in [5, 5.41) is 1.11. The largest absolute Gasteiger partial charge is 0.379 e. The molecule has 1 aromatic carbocycles. The predicted molar refractivity (Wildman–Crippen MR) is 99.0 cm³/mol. The van der Waals surface area contributed by atoms with E-state index in [9.17, 15) is 4.79 Å². The van der Waals surface area contributed by atoms with Crippen LogP contribution in [0.3, 0.4) is 0 Å². The van der Waals surface area contributed by atoms with Gasteiger partial charge in [-0.15, -0.1) is 0 Å². The van der Waals surface area contributed by atoms with E-state index >= 15 is 0 Å². The van der Waals surface area contributed by atoms with Crippen LogP contribution in [-0.2, 0) is 4.74 Å². The molecule has 2 aliphatic rings. The number of H-pyrrole nitrogens is 1. The minimum Gasteiger partial charge on any atom is -0.379 e. The number of aromatic nitrogens is 1. The molecule has 0 unspecified atom stereocenters. The number of nitrogens with zero attached hydrogens (tertiary/aromatic N) is 2. The van der Waals surface area contributed by atoms with Crippen molar-refractivity contribution in [2.75, 3.05) is 39.4 Å². The number of hydrogen-bond acceptors (Lipinski definition) is 3. The number of ether oxygens (including phenoxy) is 1. The Bertz CT molecular complexity index is 748. The monoisotopic (exact) mass is 341 g/mol. The normalized spacial score (nSPS) is 22.4. The van der Waals surface area contributed by atoms with Crippen molar-refractivity contribution in [3.05, 3.63) is 35.5 Å². The van der Waals surface area contributed by atoms with Crippen LogP contribution in [0.2, 0.25) is 0 Å². The third-order valence-electron chi connectivity index (χ3n) is 5.47. The van der Waals surface area contributed by atoms with Crippen LogP contribution in [0.15, 0.2) is 24.3 Å². The van der Waals surface area contributed by atoms with Crippen LogP contribution in [0.25, 0.3) is 10.9 Å². The number of fused-ring (bicyclic) bond motifs is 1. The fourth-order valence-electron chi connectivity index (χ4n) is 4.05. The molecule has 1 aromatic heterocycles. The van der Waals surface area contributed by atoms with Gasteiger partial charge in [-0.05, 0) is 43.9 Å². The van der Waals surface area contributed by atoms with Gasteiger partial charge in [-0.1, -0.05) is 12.1 Å². The number of piperidine rings is 1. The van der Waals surface area contributed by atoms with Crippen molar-refractivity contribution in [2.24, 2.45) is 0 Å². The zero-order valence-electron chi connectivity index (χ0n) is 15.0. The van der Waals surface area contributed by atoms with E-state index in [1.807, 2.05) is 6.07 Å². The van der Waals surface area contributed by atoms with Crippen molar-refractivity contribution < 1.29 is 9.53 Å². The summed E-state index contributed by atoms with van der Waals surface area (Å²) in [4.78, 5) is 21.0. The van der Waals surface area contributed by atoms with Crippen LogP contribution in [0.1, 0.15) is 35.3 Å². The second-order valence-corrected chi connectivity index (χ2v) is 7.33. The van der Waals surface area contributed by atoms with Crippen LogP contribution in [0.4, 0.5) is 0 Å². The lowest BCUT2D eigenvalue weighted by molar-refractivity contribution is 0.0165. The number of nitrogens with one attached hydrogen (secondary N) is 1. The highest BCUT2D eigenvalue weighted by molar-refractivity contribution is 5.98. The molecule has 0 aliphatic carbocycles. The van der Waals surface area contributed by atoms with Gasteiger partial charge in [-0.2, -0.15) is 0 Å². The van der Waals surface area contributed by atoms with Gasteiger partial charge in [0.1, 0.15) is 5.69 Å². The molecule has 1 atom stereocenters. The molecular weight excluding hydrogens is 314 g/mol. The van der Waals surface area contributed by atoms with E-state index in [1.54, 1.807) is 0 Å². The second-order valence-electron chi connectivity index (χ2n) is 7.33. The van der Waals surface area contributed by atoms with E-state index in [0.29, 0.717) is 6.04 Å². The lowest BCUT2D eigenvalue weighted by Crippen LogP contribution is -2.51. The zero-order chi connectivity index (χ0) is 17.2. The summed E-state index contributed by atoms with van der Waals surface area (Å²) in [5.74, 6) is 0.145. The van der Waals surface area contributed by atoms with Crippen molar-refractivity contribution >= 4 is 16.8 Å². The quantitative estimate of drug-likeness (QED) is 0.934. The first-order chi connectivity index (χ1) is 12.2. The Kier molecular flexibility index (Phi) is 4.77. The Hall–Kier alpha value is -1.85. The molecule has 2 saturated heterocycles. The van der Waals surface area contributed by atoms with Crippen molar-refractivity contribution in [3.8, 4) is 0 Å². The molecule has 0 bridgehead atoms. The van der Waals surface area contributed by atoms with Crippen molar-refractivity contribution in [3.63, 3.8) is 0 Å². The van der Waals surface area contributed by atoms with E-state index in [1.165, 1.54) is 12.0 Å².